The molecule has 6 heteroatoms. The van der Waals surface area contributed by atoms with E-state index in [4.69, 9.17) is 4.74 Å². The Labute approximate surface area is 155 Å². The molecule has 136 valence electrons. The molecule has 2 aromatic rings. The molecule has 0 heterocycles. The van der Waals surface area contributed by atoms with Gasteiger partial charge in [-0.15, -0.1) is 0 Å². The Bertz CT molecular complexity index is 742. The summed E-state index contributed by atoms with van der Waals surface area (Å²) in [6.45, 7) is 1.91. The van der Waals surface area contributed by atoms with E-state index in [1.807, 2.05) is 37.6 Å². The molecular formula is C19H21F3OS2. The van der Waals surface area contributed by atoms with Crippen molar-refractivity contribution in [2.24, 2.45) is 0 Å². The standard InChI is InChI=1S/C19H21F3OS2/c1-12-7-13(10-24-3)9-15(8-12)17-14(11-25-4)5-6-16(23-2)18(17)19(20,21)22/h5-9H,10-11H2,1-4H3. The zero-order chi connectivity index (χ0) is 18.6. The van der Waals surface area contributed by atoms with Crippen LogP contribution in [0.1, 0.15) is 22.3 Å². The molecular weight excluding hydrogens is 365 g/mol. The van der Waals surface area contributed by atoms with Crippen LogP contribution in [0.15, 0.2) is 30.3 Å². The number of ether oxygens (including phenoxy) is 1. The number of rotatable bonds is 6. The third-order valence-electron chi connectivity index (χ3n) is 3.79. The van der Waals surface area contributed by atoms with Crippen molar-refractivity contribution in [2.45, 2.75) is 24.6 Å². The second-order valence-electron chi connectivity index (χ2n) is 5.75. The molecule has 1 nitrogen and oxygen atoms in total. The summed E-state index contributed by atoms with van der Waals surface area (Å²) in [6.07, 6.45) is -0.622. The molecule has 0 aliphatic rings. The summed E-state index contributed by atoms with van der Waals surface area (Å²) in [6, 6.07) is 8.84. The minimum Gasteiger partial charge on any atom is -0.496 e. The van der Waals surface area contributed by atoms with Gasteiger partial charge in [0.1, 0.15) is 11.3 Å². The summed E-state index contributed by atoms with van der Waals surface area (Å²) in [4.78, 5) is 0. The minimum absolute atomic E-state index is 0.139. The molecule has 0 aliphatic heterocycles. The van der Waals surface area contributed by atoms with Crippen LogP contribution >= 0.6 is 23.5 Å². The first kappa shape index (κ1) is 20.0. The Kier molecular flexibility index (Phi) is 6.74. The van der Waals surface area contributed by atoms with E-state index in [1.54, 1.807) is 17.8 Å². The minimum atomic E-state index is -4.49. The van der Waals surface area contributed by atoms with Crippen molar-refractivity contribution in [1.82, 2.24) is 0 Å². The second-order valence-corrected chi connectivity index (χ2v) is 7.48. The van der Waals surface area contributed by atoms with Gasteiger partial charge in [-0.1, -0.05) is 29.8 Å². The molecule has 0 atom stereocenters. The SMILES string of the molecule is COc1ccc(CSC)c(-c2cc(C)cc(CSC)c2)c1C(F)(F)F. The van der Waals surface area contributed by atoms with Crippen LogP contribution in [-0.4, -0.2) is 19.6 Å². The highest BCUT2D eigenvalue weighted by atomic mass is 32.2. The molecule has 0 aromatic heterocycles. The second kappa shape index (κ2) is 8.41. The number of hydrogen-bond donors (Lipinski definition) is 0. The van der Waals surface area contributed by atoms with E-state index in [0.29, 0.717) is 16.9 Å². The number of alkyl halides is 3. The Morgan fingerprint density at radius 2 is 1.68 bits per heavy atom. The normalized spacial score (nSPS) is 11.6. The molecule has 0 saturated carbocycles. The zero-order valence-corrected chi connectivity index (χ0v) is 16.3. The number of hydrogen-bond acceptors (Lipinski definition) is 3. The van der Waals surface area contributed by atoms with E-state index < -0.39 is 11.7 Å². The fourth-order valence-electron chi connectivity index (χ4n) is 2.94. The first-order chi connectivity index (χ1) is 11.8. The lowest BCUT2D eigenvalue weighted by Crippen LogP contribution is -2.11. The highest BCUT2D eigenvalue weighted by molar-refractivity contribution is 7.98. The Morgan fingerprint density at radius 3 is 2.24 bits per heavy atom. The van der Waals surface area contributed by atoms with Crippen molar-refractivity contribution >= 4 is 23.5 Å². The molecule has 25 heavy (non-hydrogen) atoms. The largest absolute Gasteiger partial charge is 0.496 e. The Balaban J connectivity index is 2.81. The summed E-state index contributed by atoms with van der Waals surface area (Å²) in [5.41, 5.74) is 2.77. The third kappa shape index (κ3) is 4.67. The van der Waals surface area contributed by atoms with E-state index in [1.165, 1.54) is 24.9 Å². The average Bonchev–Trinajstić information content (AvgIpc) is 2.53. The van der Waals surface area contributed by atoms with Gasteiger partial charge >= 0.3 is 6.18 Å². The number of aryl methyl sites for hydroxylation is 1. The van der Waals surface area contributed by atoms with E-state index in [9.17, 15) is 13.2 Å². The van der Waals surface area contributed by atoms with Gasteiger partial charge in [0.05, 0.1) is 7.11 Å². The van der Waals surface area contributed by atoms with Crippen molar-refractivity contribution in [1.29, 1.82) is 0 Å². The van der Waals surface area contributed by atoms with Crippen molar-refractivity contribution in [2.75, 3.05) is 19.6 Å². The number of halogens is 3. The lowest BCUT2D eigenvalue weighted by molar-refractivity contribution is -0.138. The summed E-state index contributed by atoms with van der Waals surface area (Å²) < 4.78 is 46.6. The van der Waals surface area contributed by atoms with Gasteiger partial charge in [-0.2, -0.15) is 36.7 Å². The van der Waals surface area contributed by atoms with Crippen molar-refractivity contribution in [3.63, 3.8) is 0 Å². The third-order valence-corrected chi connectivity index (χ3v) is 5.02. The van der Waals surface area contributed by atoms with Crippen LogP contribution < -0.4 is 4.74 Å². The predicted octanol–water partition coefficient (Wildman–Crippen LogP) is 6.42. The van der Waals surface area contributed by atoms with Crippen LogP contribution in [0.2, 0.25) is 0 Å². The summed E-state index contributed by atoms with van der Waals surface area (Å²) in [7, 11) is 1.28. The molecule has 0 saturated heterocycles. The zero-order valence-electron chi connectivity index (χ0n) is 14.7. The van der Waals surface area contributed by atoms with Crippen LogP contribution in [0, 0.1) is 6.92 Å². The quantitative estimate of drug-likeness (QED) is 0.567. The van der Waals surface area contributed by atoms with Gasteiger partial charge in [-0.05, 0) is 42.2 Å². The van der Waals surface area contributed by atoms with Gasteiger partial charge in [-0.3, -0.25) is 0 Å². The predicted molar refractivity (Wildman–Crippen MR) is 103 cm³/mol. The summed E-state index contributed by atoms with van der Waals surface area (Å²) in [5.74, 6) is 1.13. The maximum Gasteiger partial charge on any atom is 0.420 e. The molecule has 0 spiro atoms. The molecule has 0 N–H and O–H groups in total. The Hall–Kier alpha value is -1.27. The fourth-order valence-corrected chi connectivity index (χ4v) is 3.99. The number of methoxy groups -OCH3 is 1. The van der Waals surface area contributed by atoms with Crippen LogP contribution in [0.4, 0.5) is 13.2 Å². The molecule has 0 aliphatic carbocycles. The van der Waals surface area contributed by atoms with Crippen LogP contribution in [-0.2, 0) is 17.7 Å². The first-order valence-corrected chi connectivity index (χ1v) is 10.5. The van der Waals surface area contributed by atoms with Crippen molar-refractivity contribution in [3.8, 4) is 16.9 Å². The van der Waals surface area contributed by atoms with Crippen molar-refractivity contribution in [3.05, 3.63) is 52.6 Å². The van der Waals surface area contributed by atoms with E-state index in [0.717, 1.165) is 16.9 Å². The van der Waals surface area contributed by atoms with Gasteiger partial charge < -0.3 is 4.74 Å². The number of thioether (sulfide) groups is 2. The summed E-state index contributed by atoms with van der Waals surface area (Å²) >= 11 is 3.15. The molecule has 0 radical (unpaired) electrons. The van der Waals surface area contributed by atoms with E-state index in [2.05, 4.69) is 0 Å². The Morgan fingerprint density at radius 1 is 1.00 bits per heavy atom. The van der Waals surface area contributed by atoms with Gasteiger partial charge in [0.2, 0.25) is 0 Å². The van der Waals surface area contributed by atoms with E-state index >= 15 is 0 Å². The molecule has 0 bridgehead atoms. The average molecular weight is 387 g/mol. The van der Waals surface area contributed by atoms with Crippen molar-refractivity contribution < 1.29 is 17.9 Å². The highest BCUT2D eigenvalue weighted by Gasteiger charge is 2.38. The lowest BCUT2D eigenvalue weighted by Gasteiger charge is -2.21. The van der Waals surface area contributed by atoms with Crippen LogP contribution in [0.25, 0.3) is 11.1 Å². The molecule has 2 aromatic carbocycles. The summed E-state index contributed by atoms with van der Waals surface area (Å²) in [5, 5.41) is 0. The first-order valence-electron chi connectivity index (χ1n) is 7.67. The smallest absolute Gasteiger partial charge is 0.420 e. The maximum absolute atomic E-state index is 13.9. The van der Waals surface area contributed by atoms with Crippen LogP contribution in [0.5, 0.6) is 5.75 Å². The molecule has 0 amide bonds. The van der Waals surface area contributed by atoms with Gasteiger partial charge in [-0.25, -0.2) is 0 Å². The molecule has 2 rings (SSSR count). The van der Waals surface area contributed by atoms with Gasteiger partial charge in [0, 0.05) is 17.1 Å². The number of benzene rings is 2. The van der Waals surface area contributed by atoms with E-state index in [-0.39, 0.29) is 11.3 Å². The van der Waals surface area contributed by atoms with Crippen LogP contribution in [0.3, 0.4) is 0 Å². The van der Waals surface area contributed by atoms with Gasteiger partial charge in [0.25, 0.3) is 0 Å². The maximum atomic E-state index is 13.9. The molecule has 0 fully saturated rings. The fraction of sp³-hybridized carbons (Fsp3) is 0.368. The molecule has 0 unspecified atom stereocenters. The highest BCUT2D eigenvalue weighted by Crippen LogP contribution is 2.45. The van der Waals surface area contributed by atoms with Gasteiger partial charge in [0.15, 0.2) is 0 Å². The lowest BCUT2D eigenvalue weighted by atomic mass is 9.91. The monoisotopic (exact) mass is 386 g/mol. The topological polar surface area (TPSA) is 9.23 Å².